The zero-order valence-corrected chi connectivity index (χ0v) is 12.0. The Labute approximate surface area is 123 Å². The summed E-state index contributed by atoms with van der Waals surface area (Å²) >= 11 is 0. The van der Waals surface area contributed by atoms with E-state index in [0.717, 1.165) is 31.6 Å². The average Bonchev–Trinajstić information content (AvgIpc) is 2.98. The molecule has 0 aliphatic carbocycles. The molecule has 21 heavy (non-hydrogen) atoms. The van der Waals surface area contributed by atoms with Gasteiger partial charge in [0.05, 0.1) is 17.9 Å². The summed E-state index contributed by atoms with van der Waals surface area (Å²) in [6, 6.07) is 1.76. The highest BCUT2D eigenvalue weighted by molar-refractivity contribution is 5.57. The number of nitrogens with zero attached hydrogens (tertiary/aromatic N) is 4. The van der Waals surface area contributed by atoms with E-state index in [9.17, 15) is 0 Å². The predicted molar refractivity (Wildman–Crippen MR) is 77.4 cm³/mol. The van der Waals surface area contributed by atoms with Crippen molar-refractivity contribution in [3.63, 3.8) is 0 Å². The first-order chi connectivity index (χ1) is 10.3. The molecule has 0 radical (unpaired) electrons. The van der Waals surface area contributed by atoms with Gasteiger partial charge in [0, 0.05) is 25.5 Å². The average molecular weight is 289 g/mol. The lowest BCUT2D eigenvalue weighted by Crippen LogP contribution is -2.39. The summed E-state index contributed by atoms with van der Waals surface area (Å²) in [6.45, 7) is 5.66. The van der Waals surface area contributed by atoms with Crippen molar-refractivity contribution in [1.29, 1.82) is 0 Å². The minimum Gasteiger partial charge on any atom is -0.397 e. The highest BCUT2D eigenvalue weighted by Crippen LogP contribution is 2.24. The number of morpholine rings is 1. The third-order valence-electron chi connectivity index (χ3n) is 3.43. The van der Waals surface area contributed by atoms with Crippen LogP contribution in [0.1, 0.15) is 25.3 Å². The van der Waals surface area contributed by atoms with Crippen LogP contribution in [0.4, 0.5) is 5.69 Å². The number of hydrogen-bond donors (Lipinski definition) is 1. The standard InChI is InChI=1S/C14H19N5O2/c1-2-3-19-4-5-20-12(9-19)13-17-14(21-18-13)10-6-11(15)8-16-7-10/h6-8,12H,2-5,9,15H2,1H3. The van der Waals surface area contributed by atoms with Crippen molar-refractivity contribution >= 4 is 5.69 Å². The fourth-order valence-corrected chi connectivity index (χ4v) is 2.44. The van der Waals surface area contributed by atoms with Crippen molar-refractivity contribution in [3.8, 4) is 11.5 Å². The SMILES string of the molecule is CCCN1CCOC(c2noc(-c3cncc(N)c3)n2)C1. The molecule has 3 heterocycles. The molecule has 3 rings (SSSR count). The maximum absolute atomic E-state index is 5.75. The maximum atomic E-state index is 5.75. The number of hydrogen-bond acceptors (Lipinski definition) is 7. The summed E-state index contributed by atoms with van der Waals surface area (Å²) in [6.07, 6.45) is 4.21. The zero-order chi connectivity index (χ0) is 14.7. The molecule has 1 aliphatic heterocycles. The first kappa shape index (κ1) is 14.0. The summed E-state index contributed by atoms with van der Waals surface area (Å²) in [4.78, 5) is 10.8. The second kappa shape index (κ2) is 6.19. The molecular weight excluding hydrogens is 270 g/mol. The topological polar surface area (TPSA) is 90.3 Å². The number of nitrogen functional groups attached to an aromatic ring is 1. The van der Waals surface area contributed by atoms with E-state index in [1.54, 1.807) is 18.5 Å². The monoisotopic (exact) mass is 289 g/mol. The molecule has 1 aliphatic rings. The van der Waals surface area contributed by atoms with Crippen LogP contribution in [0, 0.1) is 0 Å². The Kier molecular flexibility index (Phi) is 4.12. The molecule has 2 aromatic rings. The maximum Gasteiger partial charge on any atom is 0.259 e. The van der Waals surface area contributed by atoms with E-state index < -0.39 is 0 Å². The van der Waals surface area contributed by atoms with Crippen LogP contribution >= 0.6 is 0 Å². The van der Waals surface area contributed by atoms with Crippen molar-refractivity contribution in [2.24, 2.45) is 0 Å². The Morgan fingerprint density at radius 3 is 3.14 bits per heavy atom. The number of rotatable bonds is 4. The Morgan fingerprint density at radius 1 is 1.43 bits per heavy atom. The van der Waals surface area contributed by atoms with Gasteiger partial charge in [-0.3, -0.25) is 9.88 Å². The van der Waals surface area contributed by atoms with E-state index in [4.69, 9.17) is 15.0 Å². The quantitative estimate of drug-likeness (QED) is 0.912. The molecule has 7 nitrogen and oxygen atoms in total. The van der Waals surface area contributed by atoms with E-state index >= 15 is 0 Å². The Morgan fingerprint density at radius 2 is 2.33 bits per heavy atom. The Hall–Kier alpha value is -1.99. The minimum atomic E-state index is -0.142. The molecule has 1 saturated heterocycles. The Bertz CT molecular complexity index is 599. The van der Waals surface area contributed by atoms with Crippen LogP contribution in [0.5, 0.6) is 0 Å². The Balaban J connectivity index is 1.75. The van der Waals surface area contributed by atoms with Crippen LogP contribution in [-0.4, -0.2) is 46.3 Å². The molecule has 0 saturated carbocycles. The molecule has 1 atom stereocenters. The number of ether oxygens (including phenoxy) is 1. The molecule has 0 amide bonds. The van der Waals surface area contributed by atoms with Gasteiger partial charge >= 0.3 is 0 Å². The minimum absolute atomic E-state index is 0.142. The van der Waals surface area contributed by atoms with Crippen LogP contribution in [0.2, 0.25) is 0 Å². The fourth-order valence-electron chi connectivity index (χ4n) is 2.44. The highest BCUT2D eigenvalue weighted by atomic mass is 16.5. The second-order valence-corrected chi connectivity index (χ2v) is 5.12. The molecule has 112 valence electrons. The van der Waals surface area contributed by atoms with Crippen molar-refractivity contribution < 1.29 is 9.26 Å². The van der Waals surface area contributed by atoms with E-state index in [0.29, 0.717) is 24.0 Å². The lowest BCUT2D eigenvalue weighted by atomic mass is 10.2. The molecule has 1 unspecified atom stereocenters. The van der Waals surface area contributed by atoms with Gasteiger partial charge in [-0.1, -0.05) is 12.1 Å². The van der Waals surface area contributed by atoms with E-state index in [2.05, 4.69) is 26.9 Å². The number of pyridine rings is 1. The molecule has 2 aromatic heterocycles. The van der Waals surface area contributed by atoms with Gasteiger partial charge in [0.1, 0.15) is 6.10 Å². The fraction of sp³-hybridized carbons (Fsp3) is 0.500. The summed E-state index contributed by atoms with van der Waals surface area (Å²) < 4.78 is 11.0. The number of aromatic nitrogens is 3. The van der Waals surface area contributed by atoms with Gasteiger partial charge < -0.3 is 15.0 Å². The van der Waals surface area contributed by atoms with Crippen LogP contribution in [0.3, 0.4) is 0 Å². The molecule has 0 aromatic carbocycles. The van der Waals surface area contributed by atoms with Crippen molar-refractivity contribution in [2.75, 3.05) is 32.0 Å². The predicted octanol–water partition coefficient (Wildman–Crippen LogP) is 1.50. The van der Waals surface area contributed by atoms with Crippen LogP contribution in [0.25, 0.3) is 11.5 Å². The lowest BCUT2D eigenvalue weighted by molar-refractivity contribution is -0.0350. The smallest absolute Gasteiger partial charge is 0.259 e. The van der Waals surface area contributed by atoms with E-state index in [-0.39, 0.29) is 6.10 Å². The molecule has 2 N–H and O–H groups in total. The third-order valence-corrected chi connectivity index (χ3v) is 3.43. The van der Waals surface area contributed by atoms with Gasteiger partial charge in [0.25, 0.3) is 5.89 Å². The van der Waals surface area contributed by atoms with E-state index in [1.165, 1.54) is 0 Å². The largest absolute Gasteiger partial charge is 0.397 e. The molecular formula is C14H19N5O2. The molecule has 0 spiro atoms. The summed E-state index contributed by atoms with van der Waals surface area (Å²) in [7, 11) is 0. The number of nitrogens with two attached hydrogens (primary N) is 1. The summed E-state index contributed by atoms with van der Waals surface area (Å²) in [5.74, 6) is 0.995. The lowest BCUT2D eigenvalue weighted by Gasteiger charge is -2.30. The molecule has 7 heteroatoms. The normalized spacial score (nSPS) is 19.8. The summed E-state index contributed by atoms with van der Waals surface area (Å²) in [5, 5.41) is 4.03. The van der Waals surface area contributed by atoms with Gasteiger partial charge in [-0.2, -0.15) is 4.98 Å². The van der Waals surface area contributed by atoms with Gasteiger partial charge in [-0.15, -0.1) is 0 Å². The second-order valence-electron chi connectivity index (χ2n) is 5.12. The van der Waals surface area contributed by atoms with Crippen molar-refractivity contribution in [2.45, 2.75) is 19.4 Å². The first-order valence-electron chi connectivity index (χ1n) is 7.14. The van der Waals surface area contributed by atoms with Crippen molar-refractivity contribution in [3.05, 3.63) is 24.3 Å². The van der Waals surface area contributed by atoms with Gasteiger partial charge in [0.2, 0.25) is 5.82 Å². The number of anilines is 1. The van der Waals surface area contributed by atoms with Crippen LogP contribution in [-0.2, 0) is 4.74 Å². The van der Waals surface area contributed by atoms with Crippen LogP contribution in [0.15, 0.2) is 23.0 Å². The summed E-state index contributed by atoms with van der Waals surface area (Å²) in [5.41, 5.74) is 7.00. The van der Waals surface area contributed by atoms with E-state index in [1.807, 2.05) is 0 Å². The third kappa shape index (κ3) is 3.20. The van der Waals surface area contributed by atoms with Gasteiger partial charge in [-0.05, 0) is 19.0 Å². The van der Waals surface area contributed by atoms with Gasteiger partial charge in [0.15, 0.2) is 0 Å². The molecule has 0 bridgehead atoms. The van der Waals surface area contributed by atoms with Gasteiger partial charge in [-0.25, -0.2) is 0 Å². The highest BCUT2D eigenvalue weighted by Gasteiger charge is 2.26. The molecule has 1 fully saturated rings. The van der Waals surface area contributed by atoms with Crippen molar-refractivity contribution in [1.82, 2.24) is 20.0 Å². The zero-order valence-electron chi connectivity index (χ0n) is 12.0. The van der Waals surface area contributed by atoms with Crippen LogP contribution < -0.4 is 5.73 Å². The first-order valence-corrected chi connectivity index (χ1v) is 7.14.